The third-order valence-corrected chi connectivity index (χ3v) is 6.96. The Morgan fingerprint density at radius 2 is 1.89 bits per heavy atom. The van der Waals surface area contributed by atoms with Gasteiger partial charge in [0.25, 0.3) is 0 Å². The van der Waals surface area contributed by atoms with Gasteiger partial charge in [-0.1, -0.05) is 6.92 Å². The summed E-state index contributed by atoms with van der Waals surface area (Å²) in [6, 6.07) is 7.64. The Bertz CT molecular complexity index is 801. The third-order valence-electron chi connectivity index (χ3n) is 6.96. The van der Waals surface area contributed by atoms with Crippen LogP contribution in [0, 0.1) is 11.8 Å². The van der Waals surface area contributed by atoms with Crippen LogP contribution < -0.4 is 4.74 Å². The molecule has 0 radical (unpaired) electrons. The summed E-state index contributed by atoms with van der Waals surface area (Å²) < 4.78 is 13.8. The lowest BCUT2D eigenvalue weighted by molar-refractivity contribution is -0.0276. The number of aromatic nitrogens is 2. The maximum Gasteiger partial charge on any atom is 0.121 e. The van der Waals surface area contributed by atoms with E-state index in [-0.39, 0.29) is 0 Å². The summed E-state index contributed by atoms with van der Waals surface area (Å²) in [5.74, 6) is 2.34. The van der Waals surface area contributed by atoms with Crippen molar-refractivity contribution in [3.8, 4) is 5.75 Å². The Hall–Kier alpha value is -1.59. The molecule has 5 rings (SSSR count). The first kappa shape index (κ1) is 18.4. The summed E-state index contributed by atoms with van der Waals surface area (Å²) in [5.41, 5.74) is 1.17. The highest BCUT2D eigenvalue weighted by Gasteiger charge is 2.41. The van der Waals surface area contributed by atoms with Crippen LogP contribution in [0.3, 0.4) is 0 Å². The number of methoxy groups -OCH3 is 1. The molecule has 1 aliphatic carbocycles. The van der Waals surface area contributed by atoms with Crippen LogP contribution in [0.5, 0.6) is 5.75 Å². The first-order valence-corrected chi connectivity index (χ1v) is 11.1. The third kappa shape index (κ3) is 3.79. The fourth-order valence-electron chi connectivity index (χ4n) is 5.25. The zero-order valence-corrected chi connectivity index (χ0v) is 17.2. The molecular weight excluding hydrogens is 350 g/mol. The number of rotatable bonds is 8. The molecule has 1 aromatic heterocycles. The summed E-state index contributed by atoms with van der Waals surface area (Å²) in [4.78, 5) is 2.79. The van der Waals surface area contributed by atoms with E-state index < -0.39 is 0 Å². The average molecular weight is 384 g/mol. The van der Waals surface area contributed by atoms with Crippen molar-refractivity contribution >= 4 is 10.9 Å². The second kappa shape index (κ2) is 7.68. The number of benzene rings is 1. The molecule has 1 aromatic carbocycles. The second-order valence-corrected chi connectivity index (χ2v) is 9.31. The van der Waals surface area contributed by atoms with Crippen LogP contribution >= 0.6 is 0 Å². The smallest absolute Gasteiger partial charge is 0.121 e. The molecule has 2 aliphatic heterocycles. The van der Waals surface area contributed by atoms with Gasteiger partial charge in [0.05, 0.1) is 24.9 Å². The molecule has 5 nitrogen and oxygen atoms in total. The van der Waals surface area contributed by atoms with E-state index in [2.05, 4.69) is 33.7 Å². The van der Waals surface area contributed by atoms with Crippen LogP contribution in [0.1, 0.15) is 45.4 Å². The first-order chi connectivity index (χ1) is 13.7. The van der Waals surface area contributed by atoms with E-state index in [4.69, 9.17) is 9.47 Å². The quantitative estimate of drug-likeness (QED) is 0.688. The van der Waals surface area contributed by atoms with Crippen molar-refractivity contribution in [1.29, 1.82) is 0 Å². The molecule has 2 saturated heterocycles. The SMILES string of the molecule is COc1ccc2cnn(C[C@H](C)CN3C4CCC3CC(OCC3CC3)C4)c2c1. The number of fused-ring (bicyclic) bond motifs is 3. The number of nitrogens with zero attached hydrogens (tertiary/aromatic N) is 3. The number of hydrogen-bond acceptors (Lipinski definition) is 4. The fourth-order valence-corrected chi connectivity index (χ4v) is 5.25. The van der Waals surface area contributed by atoms with Crippen LogP contribution in [-0.2, 0) is 11.3 Å². The Kier molecular flexibility index (Phi) is 5.06. The highest BCUT2D eigenvalue weighted by atomic mass is 16.5. The van der Waals surface area contributed by atoms with Crippen molar-refractivity contribution in [1.82, 2.24) is 14.7 Å². The molecule has 5 heteroatoms. The van der Waals surface area contributed by atoms with Crippen LogP contribution in [0.2, 0.25) is 0 Å². The second-order valence-electron chi connectivity index (χ2n) is 9.31. The van der Waals surface area contributed by atoms with Crippen molar-refractivity contribution in [2.45, 2.75) is 70.2 Å². The first-order valence-electron chi connectivity index (χ1n) is 11.1. The van der Waals surface area contributed by atoms with Gasteiger partial charge >= 0.3 is 0 Å². The molecule has 2 bridgehead atoms. The van der Waals surface area contributed by atoms with Crippen LogP contribution in [0.4, 0.5) is 0 Å². The van der Waals surface area contributed by atoms with Gasteiger partial charge in [-0.25, -0.2) is 0 Å². The molecular formula is C23H33N3O2. The van der Waals surface area contributed by atoms with E-state index in [1.807, 2.05) is 12.3 Å². The van der Waals surface area contributed by atoms with Gasteiger partial charge < -0.3 is 9.47 Å². The van der Waals surface area contributed by atoms with Gasteiger partial charge in [-0.3, -0.25) is 9.58 Å². The minimum Gasteiger partial charge on any atom is -0.497 e. The van der Waals surface area contributed by atoms with Gasteiger partial charge in [-0.05, 0) is 62.5 Å². The number of hydrogen-bond donors (Lipinski definition) is 0. The number of piperidine rings is 1. The zero-order valence-electron chi connectivity index (χ0n) is 17.2. The van der Waals surface area contributed by atoms with Crippen LogP contribution in [-0.4, -0.2) is 53.1 Å². The summed E-state index contributed by atoms with van der Waals surface area (Å²) in [6.45, 7) is 5.49. The van der Waals surface area contributed by atoms with Gasteiger partial charge in [0.2, 0.25) is 0 Å². The maximum atomic E-state index is 6.24. The van der Waals surface area contributed by atoms with Crippen LogP contribution in [0.25, 0.3) is 10.9 Å². The molecule has 3 heterocycles. The fraction of sp³-hybridized carbons (Fsp3) is 0.696. The molecule has 0 N–H and O–H groups in total. The summed E-state index contributed by atoms with van der Waals surface area (Å²) in [7, 11) is 1.72. The van der Waals surface area contributed by atoms with E-state index in [9.17, 15) is 0 Å². The topological polar surface area (TPSA) is 39.5 Å². The molecule has 2 aromatic rings. The highest BCUT2D eigenvalue weighted by molar-refractivity contribution is 5.80. The molecule has 3 aliphatic rings. The van der Waals surface area contributed by atoms with Gasteiger partial charge in [0.15, 0.2) is 0 Å². The Morgan fingerprint density at radius 1 is 1.11 bits per heavy atom. The minimum atomic E-state index is 0.507. The molecule has 3 fully saturated rings. The Balaban J connectivity index is 1.20. The van der Waals surface area contributed by atoms with Crippen molar-refractivity contribution in [3.05, 3.63) is 24.4 Å². The summed E-state index contributed by atoms with van der Waals surface area (Å²) >= 11 is 0. The van der Waals surface area contributed by atoms with E-state index >= 15 is 0 Å². The van der Waals surface area contributed by atoms with E-state index in [0.717, 1.165) is 43.4 Å². The average Bonchev–Trinajstić information content (AvgIpc) is 3.42. The molecule has 1 saturated carbocycles. The zero-order chi connectivity index (χ0) is 19.1. The molecule has 3 atom stereocenters. The van der Waals surface area contributed by atoms with E-state index in [1.54, 1.807) is 7.11 Å². The minimum absolute atomic E-state index is 0.507. The Labute approximate surface area is 168 Å². The monoisotopic (exact) mass is 383 g/mol. The van der Waals surface area contributed by atoms with E-state index in [0.29, 0.717) is 12.0 Å². The van der Waals surface area contributed by atoms with E-state index in [1.165, 1.54) is 49.4 Å². The number of ether oxygens (including phenoxy) is 2. The predicted octanol–water partition coefficient (Wildman–Crippen LogP) is 4.10. The molecule has 28 heavy (non-hydrogen) atoms. The van der Waals surface area contributed by atoms with Crippen molar-refractivity contribution < 1.29 is 9.47 Å². The molecule has 0 spiro atoms. The van der Waals surface area contributed by atoms with Gasteiger partial charge in [0, 0.05) is 43.2 Å². The molecule has 0 amide bonds. The molecule has 2 unspecified atom stereocenters. The summed E-state index contributed by atoms with van der Waals surface area (Å²) in [6.07, 6.45) is 10.4. The van der Waals surface area contributed by atoms with Gasteiger partial charge in [-0.15, -0.1) is 0 Å². The maximum absolute atomic E-state index is 6.24. The largest absolute Gasteiger partial charge is 0.497 e. The lowest BCUT2D eigenvalue weighted by Crippen LogP contribution is -2.47. The van der Waals surface area contributed by atoms with Crippen molar-refractivity contribution in [2.24, 2.45) is 11.8 Å². The normalized spacial score (nSPS) is 28.7. The Morgan fingerprint density at radius 3 is 2.61 bits per heavy atom. The lowest BCUT2D eigenvalue weighted by atomic mass is 9.98. The van der Waals surface area contributed by atoms with Crippen molar-refractivity contribution in [3.63, 3.8) is 0 Å². The van der Waals surface area contributed by atoms with Gasteiger partial charge in [-0.2, -0.15) is 5.10 Å². The van der Waals surface area contributed by atoms with Gasteiger partial charge in [0.1, 0.15) is 5.75 Å². The van der Waals surface area contributed by atoms with Crippen molar-refractivity contribution in [2.75, 3.05) is 20.3 Å². The standard InChI is InChI=1S/C23H33N3O2/c1-16(14-26-23-11-21(27-2)8-5-18(23)12-24-26)13-25-19-6-7-20(25)10-22(9-19)28-15-17-3-4-17/h5,8,11-12,16-17,19-20,22H,3-4,6-7,9-10,13-15H2,1-2H3/t16-,19?,20?,22?/m1/s1. The van der Waals surface area contributed by atoms with Crippen LogP contribution in [0.15, 0.2) is 24.4 Å². The lowest BCUT2D eigenvalue weighted by Gasteiger charge is -2.40. The molecule has 152 valence electrons. The predicted molar refractivity (Wildman–Crippen MR) is 111 cm³/mol. The highest BCUT2D eigenvalue weighted by Crippen LogP contribution is 2.38. The summed E-state index contributed by atoms with van der Waals surface area (Å²) in [5, 5.41) is 5.82.